The number of hydrogen-bond acceptors (Lipinski definition) is 2. The highest BCUT2D eigenvalue weighted by molar-refractivity contribution is 5.77. The Balaban J connectivity index is 1.93. The Labute approximate surface area is 127 Å². The lowest BCUT2D eigenvalue weighted by Crippen LogP contribution is -2.48. The molecule has 0 aromatic rings. The summed E-state index contributed by atoms with van der Waals surface area (Å²) in [5, 5.41) is 9.17. The Morgan fingerprint density at radius 2 is 1.67 bits per heavy atom. The first-order valence-electron chi connectivity index (χ1n) is 8.19. The number of piperidine rings is 1. The van der Waals surface area contributed by atoms with Crippen molar-refractivity contribution in [1.29, 1.82) is 0 Å². The first-order chi connectivity index (χ1) is 9.92. The number of amides is 2. The van der Waals surface area contributed by atoms with E-state index in [0.29, 0.717) is 18.5 Å². The van der Waals surface area contributed by atoms with Gasteiger partial charge in [0.1, 0.15) is 0 Å². The molecule has 1 N–H and O–H groups in total. The molecule has 0 bridgehead atoms. The van der Waals surface area contributed by atoms with Crippen molar-refractivity contribution >= 4 is 12.0 Å². The van der Waals surface area contributed by atoms with Crippen LogP contribution in [0.1, 0.15) is 46.5 Å². The van der Waals surface area contributed by atoms with E-state index in [9.17, 15) is 14.7 Å². The first kappa shape index (κ1) is 16.1. The molecule has 120 valence electrons. The lowest BCUT2D eigenvalue weighted by atomic mass is 9.74. The minimum absolute atomic E-state index is 0.0337. The van der Waals surface area contributed by atoms with Crippen LogP contribution in [0.5, 0.6) is 0 Å². The van der Waals surface area contributed by atoms with E-state index in [0.717, 1.165) is 25.9 Å². The third kappa shape index (κ3) is 3.16. The van der Waals surface area contributed by atoms with Crippen molar-refractivity contribution in [3.8, 4) is 0 Å². The van der Waals surface area contributed by atoms with E-state index in [-0.39, 0.29) is 11.9 Å². The monoisotopic (exact) mass is 296 g/mol. The largest absolute Gasteiger partial charge is 0.481 e. The van der Waals surface area contributed by atoms with Gasteiger partial charge in [0, 0.05) is 26.2 Å². The fourth-order valence-corrected chi connectivity index (χ4v) is 3.77. The number of likely N-dealkylation sites (tertiary alicyclic amines) is 2. The maximum atomic E-state index is 12.6. The predicted octanol–water partition coefficient (Wildman–Crippen LogP) is 2.66. The molecule has 2 aliphatic heterocycles. The Hall–Kier alpha value is -1.26. The number of rotatable bonds is 3. The van der Waals surface area contributed by atoms with E-state index in [1.807, 2.05) is 11.8 Å². The topological polar surface area (TPSA) is 60.9 Å². The summed E-state index contributed by atoms with van der Waals surface area (Å²) in [4.78, 5) is 27.4. The molecule has 2 aliphatic rings. The number of carbonyl (C=O) groups is 2. The highest BCUT2D eigenvalue weighted by atomic mass is 16.4. The maximum Gasteiger partial charge on any atom is 0.320 e. The molecule has 0 aromatic heterocycles. The zero-order valence-electron chi connectivity index (χ0n) is 13.5. The van der Waals surface area contributed by atoms with E-state index < -0.39 is 11.9 Å². The van der Waals surface area contributed by atoms with Gasteiger partial charge < -0.3 is 14.9 Å². The SMILES string of the molecule is CCC1(CC)CCN(C(=O)N2CC(C)C(C(=O)O)C2)CC1. The van der Waals surface area contributed by atoms with Gasteiger partial charge in [-0.2, -0.15) is 0 Å². The zero-order valence-corrected chi connectivity index (χ0v) is 13.5. The summed E-state index contributed by atoms with van der Waals surface area (Å²) in [5.74, 6) is -1.15. The molecule has 2 atom stereocenters. The average Bonchev–Trinajstić information content (AvgIpc) is 2.89. The van der Waals surface area contributed by atoms with Crippen LogP contribution in [0, 0.1) is 17.3 Å². The van der Waals surface area contributed by atoms with Gasteiger partial charge in [0.2, 0.25) is 0 Å². The summed E-state index contributed by atoms with van der Waals surface area (Å²) < 4.78 is 0. The van der Waals surface area contributed by atoms with Gasteiger partial charge in [-0.3, -0.25) is 4.79 Å². The maximum absolute atomic E-state index is 12.6. The number of carbonyl (C=O) groups excluding carboxylic acids is 1. The first-order valence-corrected chi connectivity index (χ1v) is 8.19. The number of urea groups is 1. The number of hydrogen-bond donors (Lipinski definition) is 1. The molecule has 0 aliphatic carbocycles. The molecule has 2 heterocycles. The lowest BCUT2D eigenvalue weighted by Gasteiger charge is -2.42. The van der Waals surface area contributed by atoms with Gasteiger partial charge in [0.25, 0.3) is 0 Å². The number of carboxylic acid groups (broad SMARTS) is 1. The fraction of sp³-hybridized carbons (Fsp3) is 0.875. The van der Waals surface area contributed by atoms with E-state index in [1.54, 1.807) is 4.90 Å². The molecule has 2 unspecified atom stereocenters. The lowest BCUT2D eigenvalue weighted by molar-refractivity contribution is -0.142. The van der Waals surface area contributed by atoms with E-state index in [1.165, 1.54) is 12.8 Å². The van der Waals surface area contributed by atoms with Crippen LogP contribution in [-0.2, 0) is 4.79 Å². The molecule has 2 fully saturated rings. The summed E-state index contributed by atoms with van der Waals surface area (Å²) in [5.41, 5.74) is 0.401. The smallest absolute Gasteiger partial charge is 0.320 e. The van der Waals surface area contributed by atoms with Crippen LogP contribution in [0.2, 0.25) is 0 Å². The summed E-state index contributed by atoms with van der Waals surface area (Å²) in [6.45, 7) is 8.94. The average molecular weight is 296 g/mol. The third-order valence-corrected chi connectivity index (χ3v) is 5.79. The summed E-state index contributed by atoms with van der Waals surface area (Å²) in [6, 6.07) is 0.0337. The molecule has 0 spiro atoms. The van der Waals surface area contributed by atoms with Gasteiger partial charge in [0.05, 0.1) is 5.92 Å². The molecule has 21 heavy (non-hydrogen) atoms. The second-order valence-corrected chi connectivity index (χ2v) is 6.80. The van der Waals surface area contributed by atoms with Gasteiger partial charge >= 0.3 is 12.0 Å². The van der Waals surface area contributed by atoms with Gasteiger partial charge in [-0.1, -0.05) is 33.6 Å². The molecule has 5 nitrogen and oxygen atoms in total. The molecule has 2 amide bonds. The molecule has 2 rings (SSSR count). The van der Waals surface area contributed by atoms with Gasteiger partial charge in [-0.25, -0.2) is 4.79 Å². The molecule has 5 heteroatoms. The number of nitrogens with zero attached hydrogens (tertiary/aromatic N) is 2. The summed E-state index contributed by atoms with van der Waals surface area (Å²) >= 11 is 0. The third-order valence-electron chi connectivity index (χ3n) is 5.79. The second-order valence-electron chi connectivity index (χ2n) is 6.80. The zero-order chi connectivity index (χ0) is 15.6. The van der Waals surface area contributed by atoms with Crippen LogP contribution < -0.4 is 0 Å². The summed E-state index contributed by atoms with van der Waals surface area (Å²) in [6.07, 6.45) is 4.48. The molecule has 0 saturated carbocycles. The standard InChI is InChI=1S/C16H28N2O3/c1-4-16(5-2)6-8-17(9-7-16)15(21)18-10-12(3)13(11-18)14(19)20/h12-13H,4-11H2,1-3H3,(H,19,20). The second kappa shape index (κ2) is 6.24. The van der Waals surface area contributed by atoms with Crippen LogP contribution in [0.4, 0.5) is 4.79 Å². The molecule has 0 radical (unpaired) electrons. The quantitative estimate of drug-likeness (QED) is 0.871. The van der Waals surface area contributed by atoms with Crippen molar-refractivity contribution in [2.75, 3.05) is 26.2 Å². The highest BCUT2D eigenvalue weighted by Gasteiger charge is 2.40. The normalized spacial score (nSPS) is 28.7. The Morgan fingerprint density at radius 1 is 1.10 bits per heavy atom. The van der Waals surface area contributed by atoms with Crippen molar-refractivity contribution in [3.63, 3.8) is 0 Å². The van der Waals surface area contributed by atoms with Crippen molar-refractivity contribution in [2.45, 2.75) is 46.5 Å². The fourth-order valence-electron chi connectivity index (χ4n) is 3.77. The van der Waals surface area contributed by atoms with E-state index >= 15 is 0 Å². The predicted molar refractivity (Wildman–Crippen MR) is 81.1 cm³/mol. The van der Waals surface area contributed by atoms with Crippen LogP contribution >= 0.6 is 0 Å². The highest BCUT2D eigenvalue weighted by Crippen LogP contribution is 2.38. The minimum Gasteiger partial charge on any atom is -0.481 e. The Bertz CT molecular complexity index is 396. The molecule has 2 saturated heterocycles. The van der Waals surface area contributed by atoms with Gasteiger partial charge in [-0.05, 0) is 24.2 Å². The van der Waals surface area contributed by atoms with Crippen LogP contribution in [-0.4, -0.2) is 53.1 Å². The van der Waals surface area contributed by atoms with Crippen molar-refractivity contribution in [3.05, 3.63) is 0 Å². The van der Waals surface area contributed by atoms with Gasteiger partial charge in [-0.15, -0.1) is 0 Å². The van der Waals surface area contributed by atoms with Crippen LogP contribution in [0.25, 0.3) is 0 Å². The van der Waals surface area contributed by atoms with Crippen molar-refractivity contribution in [1.82, 2.24) is 9.80 Å². The molecule has 0 aromatic carbocycles. The van der Waals surface area contributed by atoms with Gasteiger partial charge in [0.15, 0.2) is 0 Å². The number of carboxylic acids is 1. The van der Waals surface area contributed by atoms with Crippen molar-refractivity contribution in [2.24, 2.45) is 17.3 Å². The number of aliphatic carboxylic acids is 1. The Morgan fingerprint density at radius 3 is 2.10 bits per heavy atom. The Kier molecular flexibility index (Phi) is 4.79. The van der Waals surface area contributed by atoms with Crippen LogP contribution in [0.15, 0.2) is 0 Å². The molecular formula is C16H28N2O3. The minimum atomic E-state index is -0.785. The van der Waals surface area contributed by atoms with E-state index in [4.69, 9.17) is 0 Å². The molecular weight excluding hydrogens is 268 g/mol. The van der Waals surface area contributed by atoms with Crippen molar-refractivity contribution < 1.29 is 14.7 Å². The summed E-state index contributed by atoms with van der Waals surface area (Å²) in [7, 11) is 0. The van der Waals surface area contributed by atoms with E-state index in [2.05, 4.69) is 13.8 Å². The van der Waals surface area contributed by atoms with Crippen LogP contribution in [0.3, 0.4) is 0 Å².